The van der Waals surface area contributed by atoms with Crippen molar-refractivity contribution in [2.24, 2.45) is 0 Å². The van der Waals surface area contributed by atoms with Gasteiger partial charge in [-0.05, 0) is 46.7 Å². The van der Waals surface area contributed by atoms with E-state index in [2.05, 4.69) is 21.2 Å². The number of thiophene rings is 1. The molecule has 0 radical (unpaired) electrons. The van der Waals surface area contributed by atoms with Gasteiger partial charge in [-0.25, -0.2) is 8.78 Å². The first kappa shape index (κ1) is 13.6. The summed E-state index contributed by atoms with van der Waals surface area (Å²) in [5.74, 6) is -0.867. The Kier molecular flexibility index (Phi) is 4.48. The SMILES string of the molecule is CCNCc1ccc(-c2cc(F)c(Br)cc2F)s1. The highest BCUT2D eigenvalue weighted by molar-refractivity contribution is 9.10. The number of nitrogens with one attached hydrogen (secondary N) is 1. The molecular weight excluding hydrogens is 320 g/mol. The molecule has 0 aliphatic heterocycles. The van der Waals surface area contributed by atoms with Gasteiger partial charge in [0.2, 0.25) is 0 Å². The van der Waals surface area contributed by atoms with E-state index in [4.69, 9.17) is 0 Å². The number of hydrogen-bond acceptors (Lipinski definition) is 2. The van der Waals surface area contributed by atoms with Crippen molar-refractivity contribution < 1.29 is 8.78 Å². The summed E-state index contributed by atoms with van der Waals surface area (Å²) in [6, 6.07) is 6.14. The maximum Gasteiger partial charge on any atom is 0.138 e. The molecule has 0 aliphatic carbocycles. The minimum atomic E-state index is -0.451. The van der Waals surface area contributed by atoms with Crippen molar-refractivity contribution in [3.05, 3.63) is 45.2 Å². The Bertz CT molecular complexity index is 554. The Morgan fingerprint density at radius 1 is 1.22 bits per heavy atom. The van der Waals surface area contributed by atoms with E-state index in [0.29, 0.717) is 5.56 Å². The van der Waals surface area contributed by atoms with E-state index in [-0.39, 0.29) is 4.47 Å². The highest BCUT2D eigenvalue weighted by atomic mass is 79.9. The van der Waals surface area contributed by atoms with E-state index in [1.165, 1.54) is 17.4 Å². The van der Waals surface area contributed by atoms with Crippen molar-refractivity contribution in [2.75, 3.05) is 6.54 Å². The molecule has 0 bridgehead atoms. The first-order chi connectivity index (χ1) is 8.61. The lowest BCUT2D eigenvalue weighted by atomic mass is 10.2. The molecule has 1 aromatic carbocycles. The standard InChI is InChI=1S/C13H12BrF2NS/c1-2-17-7-8-3-4-13(18-8)9-5-12(16)10(14)6-11(9)15/h3-6,17H,2,7H2,1H3. The average molecular weight is 332 g/mol. The summed E-state index contributed by atoms with van der Waals surface area (Å²) in [6.07, 6.45) is 0. The molecule has 0 fully saturated rings. The average Bonchev–Trinajstić information content (AvgIpc) is 2.79. The second-order valence-corrected chi connectivity index (χ2v) is 5.82. The lowest BCUT2D eigenvalue weighted by Crippen LogP contribution is -2.10. The number of hydrogen-bond donors (Lipinski definition) is 1. The van der Waals surface area contributed by atoms with Crippen molar-refractivity contribution in [1.29, 1.82) is 0 Å². The lowest BCUT2D eigenvalue weighted by Gasteiger charge is -2.02. The highest BCUT2D eigenvalue weighted by Crippen LogP contribution is 2.32. The van der Waals surface area contributed by atoms with Crippen LogP contribution in [0.3, 0.4) is 0 Å². The summed E-state index contributed by atoms with van der Waals surface area (Å²) in [5.41, 5.74) is 0.309. The normalized spacial score (nSPS) is 10.9. The van der Waals surface area contributed by atoms with Crippen molar-refractivity contribution in [3.63, 3.8) is 0 Å². The molecule has 0 saturated heterocycles. The largest absolute Gasteiger partial charge is 0.312 e. The fourth-order valence-corrected chi connectivity index (χ4v) is 2.89. The fraction of sp³-hybridized carbons (Fsp3) is 0.231. The van der Waals surface area contributed by atoms with E-state index < -0.39 is 11.6 Å². The monoisotopic (exact) mass is 331 g/mol. The summed E-state index contributed by atoms with van der Waals surface area (Å²) >= 11 is 4.44. The summed E-state index contributed by atoms with van der Waals surface area (Å²) in [7, 11) is 0. The van der Waals surface area contributed by atoms with Crippen LogP contribution in [0.15, 0.2) is 28.7 Å². The maximum atomic E-state index is 13.8. The Hall–Kier alpha value is -0.780. The Morgan fingerprint density at radius 3 is 2.72 bits per heavy atom. The molecule has 18 heavy (non-hydrogen) atoms. The van der Waals surface area contributed by atoms with Crippen LogP contribution in [0, 0.1) is 11.6 Å². The van der Waals surface area contributed by atoms with Gasteiger partial charge in [-0.3, -0.25) is 0 Å². The quantitative estimate of drug-likeness (QED) is 0.809. The van der Waals surface area contributed by atoms with Crippen molar-refractivity contribution >= 4 is 27.3 Å². The van der Waals surface area contributed by atoms with Crippen molar-refractivity contribution in [3.8, 4) is 10.4 Å². The van der Waals surface area contributed by atoms with E-state index in [1.807, 2.05) is 19.1 Å². The van der Waals surface area contributed by atoms with Crippen LogP contribution in [-0.4, -0.2) is 6.54 Å². The zero-order chi connectivity index (χ0) is 13.1. The number of halogens is 3. The molecule has 2 aromatic rings. The lowest BCUT2D eigenvalue weighted by molar-refractivity contribution is 0.597. The van der Waals surface area contributed by atoms with Crippen LogP contribution in [-0.2, 0) is 6.54 Å². The van der Waals surface area contributed by atoms with Crippen LogP contribution in [0.2, 0.25) is 0 Å². The van der Waals surface area contributed by atoms with Gasteiger partial charge >= 0.3 is 0 Å². The first-order valence-corrected chi connectivity index (χ1v) is 7.17. The fourth-order valence-electron chi connectivity index (χ4n) is 1.58. The van der Waals surface area contributed by atoms with Crippen LogP contribution >= 0.6 is 27.3 Å². The molecule has 5 heteroatoms. The zero-order valence-corrected chi connectivity index (χ0v) is 12.2. The second-order valence-electron chi connectivity index (χ2n) is 3.79. The van der Waals surface area contributed by atoms with Gasteiger partial charge in [-0.15, -0.1) is 11.3 Å². The predicted molar refractivity (Wildman–Crippen MR) is 74.8 cm³/mol. The molecule has 1 N–H and O–H groups in total. The second kappa shape index (κ2) is 5.91. The molecule has 0 aliphatic rings. The Balaban J connectivity index is 2.31. The predicted octanol–water partition coefficient (Wildman–Crippen LogP) is 4.57. The van der Waals surface area contributed by atoms with Gasteiger partial charge in [0.1, 0.15) is 11.6 Å². The molecular formula is C13H12BrF2NS. The molecule has 0 saturated carbocycles. The van der Waals surface area contributed by atoms with E-state index in [9.17, 15) is 8.78 Å². The Labute approximate surface area is 117 Å². The molecule has 0 unspecified atom stereocenters. The molecule has 1 nitrogen and oxygen atoms in total. The van der Waals surface area contributed by atoms with Gasteiger partial charge in [0.15, 0.2) is 0 Å². The van der Waals surface area contributed by atoms with Crippen LogP contribution in [0.1, 0.15) is 11.8 Å². The van der Waals surface area contributed by atoms with Gasteiger partial charge < -0.3 is 5.32 Å². The first-order valence-electron chi connectivity index (χ1n) is 5.56. The third-order valence-corrected chi connectivity index (χ3v) is 4.21. The summed E-state index contributed by atoms with van der Waals surface area (Å²) in [6.45, 7) is 3.66. The molecule has 1 aromatic heterocycles. The number of rotatable bonds is 4. The van der Waals surface area contributed by atoms with Crippen LogP contribution in [0.5, 0.6) is 0 Å². The van der Waals surface area contributed by atoms with Gasteiger partial charge in [0.05, 0.1) is 4.47 Å². The molecule has 2 rings (SSSR count). The smallest absolute Gasteiger partial charge is 0.138 e. The summed E-state index contributed by atoms with van der Waals surface area (Å²) in [5, 5.41) is 3.20. The summed E-state index contributed by atoms with van der Waals surface area (Å²) in [4.78, 5) is 1.85. The van der Waals surface area contributed by atoms with Crippen LogP contribution in [0.25, 0.3) is 10.4 Å². The van der Waals surface area contributed by atoms with Gasteiger partial charge in [0, 0.05) is 21.9 Å². The highest BCUT2D eigenvalue weighted by Gasteiger charge is 2.12. The van der Waals surface area contributed by atoms with Gasteiger partial charge in [-0.1, -0.05) is 6.92 Å². The zero-order valence-electron chi connectivity index (χ0n) is 9.77. The third kappa shape index (κ3) is 2.96. The van der Waals surface area contributed by atoms with Crippen LogP contribution in [0.4, 0.5) is 8.78 Å². The van der Waals surface area contributed by atoms with Crippen molar-refractivity contribution in [2.45, 2.75) is 13.5 Å². The maximum absolute atomic E-state index is 13.8. The third-order valence-electron chi connectivity index (χ3n) is 2.49. The van der Waals surface area contributed by atoms with E-state index in [1.54, 1.807) is 0 Å². The summed E-state index contributed by atoms with van der Waals surface area (Å²) < 4.78 is 27.4. The number of benzene rings is 1. The molecule has 1 heterocycles. The van der Waals surface area contributed by atoms with Crippen LogP contribution < -0.4 is 5.32 Å². The van der Waals surface area contributed by atoms with Gasteiger partial charge in [0.25, 0.3) is 0 Å². The minimum Gasteiger partial charge on any atom is -0.312 e. The molecule has 0 amide bonds. The Morgan fingerprint density at radius 2 is 2.00 bits per heavy atom. The molecule has 96 valence electrons. The minimum absolute atomic E-state index is 0.146. The van der Waals surface area contributed by atoms with Gasteiger partial charge in [-0.2, -0.15) is 0 Å². The van der Waals surface area contributed by atoms with Crippen molar-refractivity contribution in [1.82, 2.24) is 5.32 Å². The van der Waals surface area contributed by atoms with E-state index in [0.717, 1.165) is 28.9 Å². The molecule has 0 spiro atoms. The van der Waals surface area contributed by atoms with E-state index >= 15 is 0 Å². The molecule has 0 atom stereocenters. The topological polar surface area (TPSA) is 12.0 Å².